The third-order valence-electron chi connectivity index (χ3n) is 3.40. The lowest BCUT2D eigenvalue weighted by Crippen LogP contribution is -2.10. The molecule has 6 nitrogen and oxygen atoms in total. The second-order valence-corrected chi connectivity index (χ2v) is 4.84. The Bertz CT molecular complexity index is 1000. The van der Waals surface area contributed by atoms with Gasteiger partial charge in [0.15, 0.2) is 0 Å². The summed E-state index contributed by atoms with van der Waals surface area (Å²) in [5, 5.41) is 8.95. The van der Waals surface area contributed by atoms with E-state index in [4.69, 9.17) is 9.15 Å². The minimum atomic E-state index is -0.606. The minimum Gasteiger partial charge on any atom is -0.456 e. The number of carbonyl (C=O) groups is 1. The van der Waals surface area contributed by atoms with Crippen LogP contribution >= 0.6 is 0 Å². The van der Waals surface area contributed by atoms with E-state index in [0.29, 0.717) is 11.4 Å². The molecule has 0 aliphatic rings. The van der Waals surface area contributed by atoms with Gasteiger partial charge in [-0.05, 0) is 36.3 Å². The van der Waals surface area contributed by atoms with Crippen LogP contribution in [0.2, 0.25) is 0 Å². The predicted octanol–water partition coefficient (Wildman–Crippen LogP) is 3.50. The van der Waals surface area contributed by atoms with Crippen molar-refractivity contribution >= 4 is 27.9 Å². The Morgan fingerprint density at radius 1 is 1.05 bits per heavy atom. The molecule has 0 amide bonds. The second kappa shape index (κ2) is 4.70. The summed E-state index contributed by atoms with van der Waals surface area (Å²) in [6, 6.07) is 12.9. The first-order valence-electron chi connectivity index (χ1n) is 6.65. The Balaban J connectivity index is 1.75. The van der Waals surface area contributed by atoms with Crippen molar-refractivity contribution in [3.05, 3.63) is 53.9 Å². The molecular weight excluding hydrogens is 284 g/mol. The van der Waals surface area contributed by atoms with Crippen LogP contribution in [0.5, 0.6) is 5.75 Å². The Hall–Kier alpha value is -3.15. The van der Waals surface area contributed by atoms with Crippen LogP contribution in [0.3, 0.4) is 0 Å². The summed E-state index contributed by atoms with van der Waals surface area (Å²) in [6.45, 7) is 1.62. The maximum absolute atomic E-state index is 12.0. The highest BCUT2D eigenvalue weighted by Gasteiger charge is 2.18. The van der Waals surface area contributed by atoms with Crippen LogP contribution in [0, 0.1) is 6.92 Å². The number of furan rings is 1. The van der Waals surface area contributed by atoms with Crippen LogP contribution in [0.15, 0.2) is 51.5 Å². The maximum atomic E-state index is 12.0. The SMILES string of the molecule is Cc1nonc1C(=O)Oc1ccc2oc3ccccc3c2c1. The number of hydrogen-bond donors (Lipinski definition) is 0. The maximum Gasteiger partial charge on any atom is 0.367 e. The van der Waals surface area contributed by atoms with Gasteiger partial charge in [0, 0.05) is 10.8 Å². The fraction of sp³-hybridized carbons (Fsp3) is 0.0625. The molecule has 0 atom stereocenters. The molecule has 4 aromatic rings. The zero-order valence-electron chi connectivity index (χ0n) is 11.6. The predicted molar refractivity (Wildman–Crippen MR) is 77.7 cm³/mol. The number of esters is 1. The molecule has 4 rings (SSSR count). The first-order valence-corrected chi connectivity index (χ1v) is 6.65. The van der Waals surface area contributed by atoms with Crippen molar-refractivity contribution in [3.8, 4) is 5.75 Å². The van der Waals surface area contributed by atoms with Crippen molar-refractivity contribution in [1.29, 1.82) is 0 Å². The number of aryl methyl sites for hydroxylation is 1. The monoisotopic (exact) mass is 294 g/mol. The molecule has 0 aliphatic carbocycles. The second-order valence-electron chi connectivity index (χ2n) is 4.84. The summed E-state index contributed by atoms with van der Waals surface area (Å²) in [5.74, 6) is -0.197. The average molecular weight is 294 g/mol. The topological polar surface area (TPSA) is 78.4 Å². The highest BCUT2D eigenvalue weighted by Crippen LogP contribution is 2.31. The molecule has 0 unspecified atom stereocenters. The lowest BCUT2D eigenvalue weighted by molar-refractivity contribution is 0.0723. The van der Waals surface area contributed by atoms with Gasteiger partial charge in [-0.25, -0.2) is 9.42 Å². The van der Waals surface area contributed by atoms with Crippen LogP contribution < -0.4 is 4.74 Å². The zero-order chi connectivity index (χ0) is 15.1. The third kappa shape index (κ3) is 1.93. The summed E-state index contributed by atoms with van der Waals surface area (Å²) >= 11 is 0. The molecule has 0 spiro atoms. The van der Waals surface area contributed by atoms with Gasteiger partial charge in [-0.1, -0.05) is 23.4 Å². The number of hydrogen-bond acceptors (Lipinski definition) is 6. The molecule has 22 heavy (non-hydrogen) atoms. The smallest absolute Gasteiger partial charge is 0.367 e. The lowest BCUT2D eigenvalue weighted by atomic mass is 10.1. The molecule has 0 bridgehead atoms. The first-order chi connectivity index (χ1) is 10.7. The molecule has 0 saturated carbocycles. The van der Waals surface area contributed by atoms with Crippen LogP contribution in [0.1, 0.15) is 16.2 Å². The van der Waals surface area contributed by atoms with Crippen LogP contribution in [0.25, 0.3) is 21.9 Å². The molecule has 2 heterocycles. The number of ether oxygens (including phenoxy) is 1. The number of nitrogens with zero attached hydrogens (tertiary/aromatic N) is 2. The number of aromatic nitrogens is 2. The number of rotatable bonds is 2. The van der Waals surface area contributed by atoms with E-state index in [1.54, 1.807) is 25.1 Å². The van der Waals surface area contributed by atoms with E-state index in [1.165, 1.54) is 0 Å². The summed E-state index contributed by atoms with van der Waals surface area (Å²) in [6.07, 6.45) is 0. The molecule has 0 fully saturated rings. The molecule has 0 saturated heterocycles. The largest absolute Gasteiger partial charge is 0.456 e. The highest BCUT2D eigenvalue weighted by atomic mass is 16.6. The van der Waals surface area contributed by atoms with Crippen molar-refractivity contribution in [2.24, 2.45) is 0 Å². The fourth-order valence-corrected chi connectivity index (χ4v) is 2.34. The van der Waals surface area contributed by atoms with E-state index in [9.17, 15) is 4.79 Å². The zero-order valence-corrected chi connectivity index (χ0v) is 11.6. The normalized spacial score (nSPS) is 11.1. The van der Waals surface area contributed by atoms with E-state index >= 15 is 0 Å². The average Bonchev–Trinajstić information content (AvgIpc) is 3.10. The van der Waals surface area contributed by atoms with Gasteiger partial charge in [-0.15, -0.1) is 0 Å². The standard InChI is InChI=1S/C16H10N2O4/c1-9-15(18-22-17-9)16(19)20-10-6-7-14-12(8-10)11-4-2-3-5-13(11)21-14/h2-8H,1H3. The van der Waals surface area contributed by atoms with Crippen LogP contribution in [-0.2, 0) is 0 Å². The molecule has 2 aromatic heterocycles. The molecule has 2 aromatic carbocycles. The summed E-state index contributed by atoms with van der Waals surface area (Å²) in [4.78, 5) is 12.0. The van der Waals surface area contributed by atoms with E-state index < -0.39 is 5.97 Å². The van der Waals surface area contributed by atoms with Crippen molar-refractivity contribution < 1.29 is 18.6 Å². The van der Waals surface area contributed by atoms with Crippen molar-refractivity contribution in [1.82, 2.24) is 10.3 Å². The molecular formula is C16H10N2O4. The van der Waals surface area contributed by atoms with E-state index in [1.807, 2.05) is 24.3 Å². The van der Waals surface area contributed by atoms with Crippen molar-refractivity contribution in [2.75, 3.05) is 0 Å². The van der Waals surface area contributed by atoms with Gasteiger partial charge in [0.2, 0.25) is 5.69 Å². The third-order valence-corrected chi connectivity index (χ3v) is 3.40. The summed E-state index contributed by atoms with van der Waals surface area (Å²) in [5.41, 5.74) is 1.98. The van der Waals surface area contributed by atoms with Gasteiger partial charge in [0.25, 0.3) is 0 Å². The lowest BCUT2D eigenvalue weighted by Gasteiger charge is -2.01. The van der Waals surface area contributed by atoms with E-state index in [2.05, 4.69) is 14.9 Å². The Kier molecular flexibility index (Phi) is 2.69. The van der Waals surface area contributed by atoms with Crippen LogP contribution in [-0.4, -0.2) is 16.3 Å². The van der Waals surface area contributed by atoms with E-state index in [0.717, 1.165) is 21.9 Å². The molecule has 108 valence electrons. The van der Waals surface area contributed by atoms with Gasteiger partial charge >= 0.3 is 5.97 Å². The fourth-order valence-electron chi connectivity index (χ4n) is 2.34. The van der Waals surface area contributed by atoms with Gasteiger partial charge in [0.05, 0.1) is 0 Å². The first kappa shape index (κ1) is 12.6. The van der Waals surface area contributed by atoms with Gasteiger partial charge in [0.1, 0.15) is 22.6 Å². The number of para-hydroxylation sites is 1. The highest BCUT2D eigenvalue weighted by molar-refractivity contribution is 6.05. The number of fused-ring (bicyclic) bond motifs is 3. The quantitative estimate of drug-likeness (QED) is 0.416. The van der Waals surface area contributed by atoms with E-state index in [-0.39, 0.29) is 5.69 Å². The van der Waals surface area contributed by atoms with Gasteiger partial charge < -0.3 is 9.15 Å². The van der Waals surface area contributed by atoms with Crippen molar-refractivity contribution in [2.45, 2.75) is 6.92 Å². The number of carbonyl (C=O) groups excluding carboxylic acids is 1. The molecule has 0 N–H and O–H groups in total. The molecule has 6 heteroatoms. The minimum absolute atomic E-state index is 0.0668. The van der Waals surface area contributed by atoms with Gasteiger partial charge in [-0.2, -0.15) is 0 Å². The Labute approximate surface area is 124 Å². The van der Waals surface area contributed by atoms with Crippen LogP contribution in [0.4, 0.5) is 0 Å². The Morgan fingerprint density at radius 2 is 1.86 bits per heavy atom. The molecule has 0 radical (unpaired) electrons. The summed E-state index contributed by atoms with van der Waals surface area (Å²) < 4.78 is 15.6. The summed E-state index contributed by atoms with van der Waals surface area (Å²) in [7, 11) is 0. The number of benzene rings is 2. The van der Waals surface area contributed by atoms with Crippen molar-refractivity contribution in [3.63, 3.8) is 0 Å². The molecule has 0 aliphatic heterocycles. The Morgan fingerprint density at radius 3 is 2.68 bits per heavy atom. The van der Waals surface area contributed by atoms with Gasteiger partial charge in [-0.3, -0.25) is 0 Å².